The molecule has 174 valence electrons. The highest BCUT2D eigenvalue weighted by atomic mass is 16.2. The van der Waals surface area contributed by atoms with Crippen LogP contribution in [-0.4, -0.2) is 35.2 Å². The van der Waals surface area contributed by atoms with Gasteiger partial charge in [-0.25, -0.2) is 0 Å². The van der Waals surface area contributed by atoms with E-state index in [1.807, 2.05) is 50.2 Å². The van der Waals surface area contributed by atoms with Crippen LogP contribution in [0.15, 0.2) is 60.7 Å². The molecule has 3 rings (SSSR count). The van der Waals surface area contributed by atoms with Crippen LogP contribution in [0, 0.1) is 35.0 Å². The Morgan fingerprint density at radius 2 is 1.64 bits per heavy atom. The summed E-state index contributed by atoms with van der Waals surface area (Å²) in [6.45, 7) is 9.98. The average molecular weight is 446 g/mol. The van der Waals surface area contributed by atoms with E-state index in [9.17, 15) is 14.9 Å². The number of carbonyl (C=O) groups excluding carboxylic acids is 2. The second-order valence-corrected chi connectivity index (χ2v) is 9.78. The Bertz CT molecular complexity index is 983. The lowest BCUT2D eigenvalue weighted by molar-refractivity contribution is -0.129. The van der Waals surface area contributed by atoms with Crippen molar-refractivity contribution >= 4 is 11.7 Å². The van der Waals surface area contributed by atoms with Crippen molar-refractivity contribution in [2.24, 2.45) is 23.7 Å². The van der Waals surface area contributed by atoms with Gasteiger partial charge in [0.15, 0.2) is 5.78 Å². The molecule has 33 heavy (non-hydrogen) atoms. The number of nitrogens with zero attached hydrogens (tertiary/aromatic N) is 2. The third-order valence-corrected chi connectivity index (χ3v) is 7.11. The molecule has 2 aromatic carbocycles. The molecule has 0 aliphatic carbocycles. The smallest absolute Gasteiger partial charge is 0.225 e. The van der Waals surface area contributed by atoms with Crippen molar-refractivity contribution in [3.8, 4) is 6.07 Å². The molecule has 1 amide bonds. The Morgan fingerprint density at radius 1 is 1.03 bits per heavy atom. The number of nitriles is 1. The molecule has 4 atom stereocenters. The number of ketones is 1. The second kappa shape index (κ2) is 10.8. The maximum Gasteiger partial charge on any atom is 0.225 e. The fourth-order valence-electron chi connectivity index (χ4n) is 4.77. The number of amides is 1. The summed E-state index contributed by atoms with van der Waals surface area (Å²) in [5, 5.41) is 13.1. The van der Waals surface area contributed by atoms with Crippen LogP contribution in [-0.2, 0) is 11.3 Å². The van der Waals surface area contributed by atoms with E-state index in [0.717, 1.165) is 13.1 Å². The molecule has 2 aromatic rings. The van der Waals surface area contributed by atoms with E-state index in [4.69, 9.17) is 0 Å². The molecule has 0 saturated carbocycles. The number of Topliss-reactive ketones (excluding diaryl/α,β-unsaturated/α-hetero) is 1. The first-order chi connectivity index (χ1) is 15.8. The first-order valence-corrected chi connectivity index (χ1v) is 11.8. The first-order valence-electron chi connectivity index (χ1n) is 11.8. The Labute approximate surface area is 197 Å². The monoisotopic (exact) mass is 445 g/mol. The molecule has 1 aliphatic rings. The Hall–Kier alpha value is -2.97. The number of rotatable bonds is 9. The molecular weight excluding hydrogens is 410 g/mol. The van der Waals surface area contributed by atoms with E-state index in [1.165, 1.54) is 5.56 Å². The van der Waals surface area contributed by atoms with Gasteiger partial charge >= 0.3 is 0 Å². The van der Waals surface area contributed by atoms with Crippen LogP contribution >= 0.6 is 0 Å². The lowest BCUT2D eigenvalue weighted by Gasteiger charge is -2.33. The van der Waals surface area contributed by atoms with E-state index in [-0.39, 0.29) is 23.5 Å². The van der Waals surface area contributed by atoms with Gasteiger partial charge in [0.1, 0.15) is 5.54 Å². The number of hydrogen-bond acceptors (Lipinski definition) is 4. The van der Waals surface area contributed by atoms with Gasteiger partial charge in [0, 0.05) is 31.1 Å². The van der Waals surface area contributed by atoms with E-state index in [1.54, 1.807) is 12.1 Å². The lowest BCUT2D eigenvalue weighted by Crippen LogP contribution is -2.53. The maximum absolute atomic E-state index is 13.6. The zero-order valence-corrected chi connectivity index (χ0v) is 20.1. The van der Waals surface area contributed by atoms with Crippen molar-refractivity contribution in [3.63, 3.8) is 0 Å². The van der Waals surface area contributed by atoms with Crippen molar-refractivity contribution < 1.29 is 9.59 Å². The fourth-order valence-corrected chi connectivity index (χ4v) is 4.77. The van der Waals surface area contributed by atoms with Crippen LogP contribution in [0.3, 0.4) is 0 Å². The molecule has 3 unspecified atom stereocenters. The second-order valence-electron chi connectivity index (χ2n) is 9.78. The van der Waals surface area contributed by atoms with Crippen molar-refractivity contribution in [1.29, 1.82) is 5.26 Å². The number of benzene rings is 2. The normalized spacial score (nSPS) is 21.2. The quantitative estimate of drug-likeness (QED) is 0.568. The zero-order valence-electron chi connectivity index (χ0n) is 20.1. The molecule has 5 nitrogen and oxygen atoms in total. The van der Waals surface area contributed by atoms with Gasteiger partial charge in [-0.1, -0.05) is 88.4 Å². The van der Waals surface area contributed by atoms with Gasteiger partial charge in [-0.15, -0.1) is 0 Å². The van der Waals surface area contributed by atoms with E-state index < -0.39 is 17.4 Å². The number of hydrogen-bond donors (Lipinski definition) is 1. The van der Waals surface area contributed by atoms with Gasteiger partial charge in [0.2, 0.25) is 5.91 Å². The summed E-state index contributed by atoms with van der Waals surface area (Å²) in [6, 6.07) is 21.7. The first kappa shape index (κ1) is 24.7. The van der Waals surface area contributed by atoms with Crippen molar-refractivity contribution in [1.82, 2.24) is 10.2 Å². The molecule has 0 aromatic heterocycles. The minimum absolute atomic E-state index is 0.00905. The molecule has 0 bridgehead atoms. The van der Waals surface area contributed by atoms with E-state index >= 15 is 0 Å². The third kappa shape index (κ3) is 5.89. The van der Waals surface area contributed by atoms with Gasteiger partial charge in [0.25, 0.3) is 0 Å². The molecule has 1 aliphatic heterocycles. The third-order valence-electron chi connectivity index (χ3n) is 7.11. The Morgan fingerprint density at radius 3 is 2.21 bits per heavy atom. The predicted octanol–water partition coefficient (Wildman–Crippen LogP) is 4.70. The van der Waals surface area contributed by atoms with Crippen molar-refractivity contribution in [3.05, 3.63) is 71.8 Å². The number of nitrogens with one attached hydrogen (secondary N) is 1. The van der Waals surface area contributed by atoms with Gasteiger partial charge in [0.05, 0.1) is 12.0 Å². The number of likely N-dealkylation sites (tertiary alicyclic amines) is 1. The minimum atomic E-state index is -0.934. The Kier molecular flexibility index (Phi) is 8.05. The molecule has 0 spiro atoms. The van der Waals surface area contributed by atoms with Crippen LogP contribution in [0.2, 0.25) is 0 Å². The summed E-state index contributed by atoms with van der Waals surface area (Å²) >= 11 is 0. The van der Waals surface area contributed by atoms with Gasteiger partial charge in [-0.2, -0.15) is 5.26 Å². The lowest BCUT2D eigenvalue weighted by atomic mass is 9.74. The van der Waals surface area contributed by atoms with Crippen molar-refractivity contribution in [2.45, 2.75) is 46.2 Å². The maximum atomic E-state index is 13.6. The van der Waals surface area contributed by atoms with Crippen molar-refractivity contribution in [2.75, 3.05) is 13.1 Å². The van der Waals surface area contributed by atoms with Crippen LogP contribution in [0.25, 0.3) is 0 Å². The van der Waals surface area contributed by atoms with E-state index in [2.05, 4.69) is 42.3 Å². The Balaban J connectivity index is 1.76. The largest absolute Gasteiger partial charge is 0.336 e. The van der Waals surface area contributed by atoms with Gasteiger partial charge in [-0.3, -0.25) is 14.5 Å². The molecule has 1 fully saturated rings. The summed E-state index contributed by atoms with van der Waals surface area (Å²) in [5.41, 5.74) is 0.866. The highest BCUT2D eigenvalue weighted by Gasteiger charge is 2.44. The molecule has 1 saturated heterocycles. The molecule has 1 N–H and O–H groups in total. The van der Waals surface area contributed by atoms with Crippen LogP contribution < -0.4 is 5.32 Å². The summed E-state index contributed by atoms with van der Waals surface area (Å²) in [4.78, 5) is 29.0. The summed E-state index contributed by atoms with van der Waals surface area (Å²) in [5.74, 6) is -1.01. The molecule has 0 radical (unpaired) electrons. The fraction of sp³-hybridized carbons (Fsp3) is 0.464. The SMILES string of the molecule is CC(C)C(C)[C@@H](C(=O)NC1(C#N)CCN(Cc2ccccc2)C1)C(C)C(=O)c1ccccc1. The molecule has 5 heteroatoms. The van der Waals surface area contributed by atoms with E-state index in [0.29, 0.717) is 18.5 Å². The van der Waals surface area contributed by atoms with Gasteiger partial charge in [-0.05, 0) is 23.8 Å². The zero-order chi connectivity index (χ0) is 24.0. The molecule has 1 heterocycles. The summed E-state index contributed by atoms with van der Waals surface area (Å²) < 4.78 is 0. The number of carbonyl (C=O) groups is 2. The van der Waals surface area contributed by atoms with Crippen LogP contribution in [0.4, 0.5) is 0 Å². The highest BCUT2D eigenvalue weighted by Crippen LogP contribution is 2.32. The predicted molar refractivity (Wildman–Crippen MR) is 130 cm³/mol. The average Bonchev–Trinajstić information content (AvgIpc) is 3.22. The summed E-state index contributed by atoms with van der Waals surface area (Å²) in [6.07, 6.45) is 0.575. The van der Waals surface area contributed by atoms with Gasteiger partial charge < -0.3 is 5.32 Å². The topological polar surface area (TPSA) is 73.2 Å². The standard InChI is InChI=1S/C28H35N3O2/c1-20(2)21(3)25(22(4)26(32)24-13-9-6-10-14-24)27(33)30-28(18-29)15-16-31(19-28)17-23-11-7-5-8-12-23/h5-14,20-22,25H,15-17,19H2,1-4H3,(H,30,33)/t21?,22?,25-,28?/m1/s1. The van der Waals surface area contributed by atoms with Crippen LogP contribution in [0.5, 0.6) is 0 Å². The molecular formula is C28H35N3O2. The summed E-state index contributed by atoms with van der Waals surface area (Å²) in [7, 11) is 0. The highest BCUT2D eigenvalue weighted by molar-refractivity contribution is 6.00. The van der Waals surface area contributed by atoms with Crippen LogP contribution in [0.1, 0.15) is 50.0 Å². The minimum Gasteiger partial charge on any atom is -0.336 e.